The Morgan fingerprint density at radius 2 is 1.90 bits per heavy atom. The van der Waals surface area contributed by atoms with Crippen LogP contribution < -0.4 is 5.32 Å². The van der Waals surface area contributed by atoms with Crippen LogP contribution in [0.5, 0.6) is 0 Å². The lowest BCUT2D eigenvalue weighted by Gasteiger charge is -2.29. The van der Waals surface area contributed by atoms with Crippen molar-refractivity contribution >= 4 is 28.4 Å². The van der Waals surface area contributed by atoms with E-state index < -0.39 is 0 Å². The van der Waals surface area contributed by atoms with Gasteiger partial charge in [-0.1, -0.05) is 13.0 Å². The molecule has 1 aromatic carbocycles. The number of piperidine rings is 1. The maximum absolute atomic E-state index is 12.9. The van der Waals surface area contributed by atoms with Crippen molar-refractivity contribution in [2.45, 2.75) is 19.8 Å². The Labute approximate surface area is 180 Å². The normalized spacial score (nSPS) is 14.7. The van der Waals surface area contributed by atoms with Crippen LogP contribution in [0.15, 0.2) is 60.9 Å². The van der Waals surface area contributed by atoms with Gasteiger partial charge in [-0.25, -0.2) is 9.97 Å². The summed E-state index contributed by atoms with van der Waals surface area (Å²) in [7, 11) is 0. The van der Waals surface area contributed by atoms with E-state index in [2.05, 4.69) is 32.2 Å². The molecule has 0 aliphatic carbocycles. The van der Waals surface area contributed by atoms with Crippen LogP contribution in [-0.4, -0.2) is 43.8 Å². The highest BCUT2D eigenvalue weighted by atomic mass is 16.2. The van der Waals surface area contributed by atoms with Gasteiger partial charge in [0.2, 0.25) is 5.95 Å². The number of nitrogens with zero attached hydrogens (tertiary/aromatic N) is 4. The molecule has 2 N–H and O–H groups in total. The van der Waals surface area contributed by atoms with E-state index in [-0.39, 0.29) is 5.91 Å². The van der Waals surface area contributed by atoms with Gasteiger partial charge in [-0.3, -0.25) is 9.78 Å². The van der Waals surface area contributed by atoms with Crippen LogP contribution in [0.2, 0.25) is 0 Å². The van der Waals surface area contributed by atoms with Gasteiger partial charge >= 0.3 is 0 Å². The van der Waals surface area contributed by atoms with E-state index in [1.54, 1.807) is 12.4 Å². The largest absolute Gasteiger partial charge is 0.351 e. The van der Waals surface area contributed by atoms with Crippen LogP contribution in [0.4, 0.5) is 11.6 Å². The second-order valence-corrected chi connectivity index (χ2v) is 8.07. The first kappa shape index (κ1) is 19.2. The smallest absolute Gasteiger partial charge is 0.270 e. The zero-order valence-corrected chi connectivity index (χ0v) is 17.4. The van der Waals surface area contributed by atoms with Crippen LogP contribution in [0.1, 0.15) is 30.3 Å². The molecule has 5 rings (SSSR count). The average Bonchev–Trinajstić information content (AvgIpc) is 3.23. The molecule has 1 aliphatic rings. The van der Waals surface area contributed by atoms with Gasteiger partial charge in [-0.15, -0.1) is 0 Å². The van der Waals surface area contributed by atoms with Gasteiger partial charge in [0.1, 0.15) is 5.69 Å². The second-order valence-electron chi connectivity index (χ2n) is 8.07. The van der Waals surface area contributed by atoms with E-state index >= 15 is 0 Å². The summed E-state index contributed by atoms with van der Waals surface area (Å²) in [6.07, 6.45) is 5.59. The van der Waals surface area contributed by atoms with Crippen molar-refractivity contribution in [2.75, 3.05) is 18.4 Å². The molecule has 0 spiro atoms. The standard InChI is InChI=1S/C24H24N6O/c1-16-8-12-30(13-9-16)23(31)22-15-17-14-18(5-6-19(17)28-22)27-24-26-11-7-21(29-24)20-4-2-3-10-25-20/h2-7,10-11,14-16,28H,8-9,12-13H2,1H3,(H,26,27,29). The molecule has 4 heterocycles. The summed E-state index contributed by atoms with van der Waals surface area (Å²) >= 11 is 0. The van der Waals surface area contributed by atoms with Crippen molar-refractivity contribution in [1.29, 1.82) is 0 Å². The number of fused-ring (bicyclic) bond motifs is 1. The summed E-state index contributed by atoms with van der Waals surface area (Å²) < 4.78 is 0. The van der Waals surface area contributed by atoms with Gasteiger partial charge in [-0.05, 0) is 61.2 Å². The van der Waals surface area contributed by atoms with E-state index in [1.807, 2.05) is 53.4 Å². The third kappa shape index (κ3) is 4.12. The molecule has 0 radical (unpaired) electrons. The zero-order valence-electron chi connectivity index (χ0n) is 17.4. The first-order chi connectivity index (χ1) is 15.2. The maximum Gasteiger partial charge on any atom is 0.270 e. The third-order valence-electron chi connectivity index (χ3n) is 5.76. The molecule has 7 nitrogen and oxygen atoms in total. The number of carbonyl (C=O) groups excluding carboxylic acids is 1. The Morgan fingerprint density at radius 3 is 2.71 bits per heavy atom. The summed E-state index contributed by atoms with van der Waals surface area (Å²) in [5.41, 5.74) is 3.97. The van der Waals surface area contributed by atoms with Crippen LogP contribution in [0.3, 0.4) is 0 Å². The Bertz CT molecular complexity index is 1210. The van der Waals surface area contributed by atoms with Gasteiger partial charge in [0, 0.05) is 42.1 Å². The fourth-order valence-electron chi connectivity index (χ4n) is 3.91. The van der Waals surface area contributed by atoms with Crippen LogP contribution >= 0.6 is 0 Å². The highest BCUT2D eigenvalue weighted by Crippen LogP contribution is 2.24. The summed E-state index contributed by atoms with van der Waals surface area (Å²) in [4.78, 5) is 31.3. The third-order valence-corrected chi connectivity index (χ3v) is 5.76. The number of nitrogens with one attached hydrogen (secondary N) is 2. The molecule has 3 aromatic heterocycles. The number of H-pyrrole nitrogens is 1. The number of benzene rings is 1. The lowest BCUT2D eigenvalue weighted by molar-refractivity contribution is 0.0692. The predicted molar refractivity (Wildman–Crippen MR) is 121 cm³/mol. The molecule has 4 aromatic rings. The van der Waals surface area contributed by atoms with Crippen LogP contribution in [0, 0.1) is 5.92 Å². The number of hydrogen-bond donors (Lipinski definition) is 2. The Kier molecular flexibility index (Phi) is 5.08. The lowest BCUT2D eigenvalue weighted by Crippen LogP contribution is -2.38. The van der Waals surface area contributed by atoms with Crippen molar-refractivity contribution in [2.24, 2.45) is 5.92 Å². The minimum Gasteiger partial charge on any atom is -0.351 e. The summed E-state index contributed by atoms with van der Waals surface area (Å²) in [6, 6.07) is 15.4. The first-order valence-electron chi connectivity index (χ1n) is 10.6. The number of aromatic nitrogens is 4. The molecule has 1 amide bonds. The number of hydrogen-bond acceptors (Lipinski definition) is 5. The van der Waals surface area contributed by atoms with Gasteiger partial charge in [0.05, 0.1) is 11.4 Å². The molecular formula is C24H24N6O. The van der Waals surface area contributed by atoms with Crippen molar-refractivity contribution < 1.29 is 4.79 Å². The summed E-state index contributed by atoms with van der Waals surface area (Å²) in [5.74, 6) is 1.26. The molecule has 156 valence electrons. The van der Waals surface area contributed by atoms with E-state index in [9.17, 15) is 4.79 Å². The van der Waals surface area contributed by atoms with Crippen LogP contribution in [-0.2, 0) is 0 Å². The fourth-order valence-corrected chi connectivity index (χ4v) is 3.91. The maximum atomic E-state index is 12.9. The van der Waals surface area contributed by atoms with Gasteiger partial charge in [0.25, 0.3) is 5.91 Å². The molecule has 0 saturated carbocycles. The minimum absolute atomic E-state index is 0.0732. The molecule has 7 heteroatoms. The molecule has 31 heavy (non-hydrogen) atoms. The number of anilines is 2. The van der Waals surface area contributed by atoms with E-state index in [1.165, 1.54) is 0 Å². The van der Waals surface area contributed by atoms with E-state index in [4.69, 9.17) is 0 Å². The highest BCUT2D eigenvalue weighted by molar-refractivity contribution is 5.98. The van der Waals surface area contributed by atoms with E-state index in [0.29, 0.717) is 17.6 Å². The second kappa shape index (κ2) is 8.18. The molecule has 1 fully saturated rings. The monoisotopic (exact) mass is 412 g/mol. The van der Waals surface area contributed by atoms with Crippen molar-refractivity contribution in [3.63, 3.8) is 0 Å². The Morgan fingerprint density at radius 1 is 1.03 bits per heavy atom. The number of amides is 1. The SMILES string of the molecule is CC1CCN(C(=O)c2cc3cc(Nc4nccc(-c5ccccn5)n4)ccc3[nH]2)CC1. The summed E-state index contributed by atoms with van der Waals surface area (Å²) in [6.45, 7) is 3.90. The first-order valence-corrected chi connectivity index (χ1v) is 10.6. The van der Waals surface area contributed by atoms with Gasteiger partial charge in [-0.2, -0.15) is 0 Å². The predicted octanol–water partition coefficient (Wildman–Crippen LogP) is 4.64. The number of carbonyl (C=O) groups is 1. The van der Waals surface area contributed by atoms with E-state index in [0.717, 1.165) is 53.9 Å². The summed E-state index contributed by atoms with van der Waals surface area (Å²) in [5, 5.41) is 4.23. The lowest BCUT2D eigenvalue weighted by atomic mass is 9.99. The zero-order chi connectivity index (χ0) is 21.2. The van der Waals surface area contributed by atoms with Crippen molar-refractivity contribution in [3.8, 4) is 11.4 Å². The molecule has 0 bridgehead atoms. The Hall–Kier alpha value is -3.74. The highest BCUT2D eigenvalue weighted by Gasteiger charge is 2.22. The number of likely N-dealkylation sites (tertiary alicyclic amines) is 1. The Balaban J connectivity index is 1.35. The molecule has 1 saturated heterocycles. The molecule has 0 unspecified atom stereocenters. The van der Waals surface area contributed by atoms with Gasteiger partial charge < -0.3 is 15.2 Å². The van der Waals surface area contributed by atoms with Crippen molar-refractivity contribution in [1.82, 2.24) is 24.8 Å². The van der Waals surface area contributed by atoms with Crippen molar-refractivity contribution in [3.05, 3.63) is 66.6 Å². The van der Waals surface area contributed by atoms with Crippen LogP contribution in [0.25, 0.3) is 22.3 Å². The molecular weight excluding hydrogens is 388 g/mol. The topological polar surface area (TPSA) is 86.8 Å². The quantitative estimate of drug-likeness (QED) is 0.510. The number of rotatable bonds is 4. The molecule has 1 aliphatic heterocycles. The number of pyridine rings is 1. The van der Waals surface area contributed by atoms with Gasteiger partial charge in [0.15, 0.2) is 0 Å². The fraction of sp³-hybridized carbons (Fsp3) is 0.250. The average molecular weight is 412 g/mol. The minimum atomic E-state index is 0.0732. The molecule has 0 atom stereocenters. The number of aromatic amines is 1.